The molecule has 0 radical (unpaired) electrons. The zero-order valence-electron chi connectivity index (χ0n) is 9.01. The number of thiol groups is 1. The minimum absolute atomic E-state index is 0.463. The maximum Gasteiger partial charge on any atom is 0.106 e. The number of hydrogen-bond acceptors (Lipinski definition) is 3. The highest BCUT2D eigenvalue weighted by atomic mass is 32.1. The second-order valence-electron chi connectivity index (χ2n) is 3.98. The van der Waals surface area contributed by atoms with Crippen molar-refractivity contribution in [1.82, 2.24) is 4.98 Å². The second kappa shape index (κ2) is 4.15. The molecular formula is C13H12N2S. The van der Waals surface area contributed by atoms with Gasteiger partial charge in [-0.3, -0.25) is 4.98 Å². The maximum absolute atomic E-state index is 9.26. The molecule has 1 aromatic heterocycles. The molecule has 0 N–H and O–H groups in total. The topological polar surface area (TPSA) is 36.7 Å². The Kier molecular flexibility index (Phi) is 2.84. The molecule has 2 aromatic rings. The number of aromatic nitrogens is 1. The van der Waals surface area contributed by atoms with Crippen molar-refractivity contribution in [3.8, 4) is 6.07 Å². The van der Waals surface area contributed by atoms with Crippen LogP contribution in [0.2, 0.25) is 0 Å². The van der Waals surface area contributed by atoms with Crippen LogP contribution < -0.4 is 0 Å². The molecule has 16 heavy (non-hydrogen) atoms. The van der Waals surface area contributed by atoms with Crippen LogP contribution in [-0.2, 0) is 5.41 Å². The molecule has 0 bridgehead atoms. The molecule has 3 heteroatoms. The first-order valence-corrected chi connectivity index (χ1v) is 5.71. The predicted molar refractivity (Wildman–Crippen MR) is 68.6 cm³/mol. The lowest BCUT2D eigenvalue weighted by Crippen LogP contribution is -2.23. The quantitative estimate of drug-likeness (QED) is 0.802. The van der Waals surface area contributed by atoms with E-state index in [0.717, 1.165) is 16.5 Å². The summed E-state index contributed by atoms with van der Waals surface area (Å²) in [4.78, 5) is 4.35. The van der Waals surface area contributed by atoms with Gasteiger partial charge < -0.3 is 0 Å². The number of benzene rings is 1. The van der Waals surface area contributed by atoms with Gasteiger partial charge in [-0.2, -0.15) is 17.9 Å². The first-order chi connectivity index (χ1) is 7.71. The number of pyridine rings is 1. The number of fused-ring (bicyclic) bond motifs is 1. The van der Waals surface area contributed by atoms with E-state index in [1.807, 2.05) is 37.3 Å². The summed E-state index contributed by atoms with van der Waals surface area (Å²) in [6.45, 7) is 1.87. The average Bonchev–Trinajstić information content (AvgIpc) is 2.37. The van der Waals surface area contributed by atoms with Crippen LogP contribution in [0.1, 0.15) is 12.6 Å². The summed E-state index contributed by atoms with van der Waals surface area (Å²) in [5.74, 6) is 0.463. The third kappa shape index (κ3) is 1.66. The predicted octanol–water partition coefficient (Wildman–Crippen LogP) is 2.95. The molecule has 2 rings (SSSR count). The molecule has 0 saturated carbocycles. The van der Waals surface area contributed by atoms with Gasteiger partial charge in [0.05, 0.1) is 11.8 Å². The van der Waals surface area contributed by atoms with Crippen molar-refractivity contribution in [2.75, 3.05) is 5.75 Å². The van der Waals surface area contributed by atoms with Gasteiger partial charge in [0.25, 0.3) is 0 Å². The summed E-state index contributed by atoms with van der Waals surface area (Å²) in [7, 11) is 0. The van der Waals surface area contributed by atoms with E-state index >= 15 is 0 Å². The SMILES string of the molecule is CC(C#N)(CS)c1nccc2ccccc12. The van der Waals surface area contributed by atoms with Gasteiger partial charge in [-0.15, -0.1) is 0 Å². The first kappa shape index (κ1) is 11.0. The van der Waals surface area contributed by atoms with Crippen molar-refractivity contribution in [3.63, 3.8) is 0 Å². The molecule has 1 atom stereocenters. The fourth-order valence-corrected chi connectivity index (χ4v) is 1.94. The van der Waals surface area contributed by atoms with Crippen LogP contribution in [0.5, 0.6) is 0 Å². The molecule has 0 aliphatic heterocycles. The van der Waals surface area contributed by atoms with E-state index in [4.69, 9.17) is 0 Å². The van der Waals surface area contributed by atoms with Gasteiger partial charge in [0.15, 0.2) is 0 Å². The highest BCUT2D eigenvalue weighted by molar-refractivity contribution is 7.80. The lowest BCUT2D eigenvalue weighted by molar-refractivity contribution is 0.682. The molecule has 1 heterocycles. The zero-order valence-corrected chi connectivity index (χ0v) is 9.91. The molecule has 0 aliphatic rings. The van der Waals surface area contributed by atoms with E-state index in [1.165, 1.54) is 0 Å². The van der Waals surface area contributed by atoms with Crippen LogP contribution in [0.3, 0.4) is 0 Å². The van der Waals surface area contributed by atoms with Crippen molar-refractivity contribution in [3.05, 3.63) is 42.2 Å². The fraction of sp³-hybridized carbons (Fsp3) is 0.231. The zero-order chi connectivity index (χ0) is 11.6. The van der Waals surface area contributed by atoms with Gasteiger partial charge in [-0.1, -0.05) is 24.3 Å². The molecule has 2 nitrogen and oxygen atoms in total. The van der Waals surface area contributed by atoms with Gasteiger partial charge in [0, 0.05) is 17.3 Å². The molecule has 0 spiro atoms. The van der Waals surface area contributed by atoms with Crippen LogP contribution in [0, 0.1) is 11.3 Å². The van der Waals surface area contributed by atoms with E-state index in [-0.39, 0.29) is 0 Å². The summed E-state index contributed by atoms with van der Waals surface area (Å²) < 4.78 is 0. The minimum Gasteiger partial charge on any atom is -0.259 e. The van der Waals surface area contributed by atoms with E-state index in [9.17, 15) is 5.26 Å². The Morgan fingerprint density at radius 1 is 1.38 bits per heavy atom. The monoisotopic (exact) mass is 228 g/mol. The minimum atomic E-state index is -0.635. The van der Waals surface area contributed by atoms with E-state index in [2.05, 4.69) is 23.7 Å². The summed E-state index contributed by atoms with van der Waals surface area (Å²) in [6.07, 6.45) is 1.75. The van der Waals surface area contributed by atoms with Crippen molar-refractivity contribution in [1.29, 1.82) is 5.26 Å². The Morgan fingerprint density at radius 2 is 2.12 bits per heavy atom. The maximum atomic E-state index is 9.26. The molecule has 0 aliphatic carbocycles. The molecule has 80 valence electrons. The lowest BCUT2D eigenvalue weighted by Gasteiger charge is -2.19. The standard InChI is InChI=1S/C13H12N2S/c1-13(8-14,9-16)12-11-5-3-2-4-10(11)6-7-15-12/h2-7,16H,9H2,1H3. The van der Waals surface area contributed by atoms with Gasteiger partial charge in [-0.05, 0) is 18.4 Å². The fourth-order valence-electron chi connectivity index (χ4n) is 1.72. The van der Waals surface area contributed by atoms with Gasteiger partial charge in [0.2, 0.25) is 0 Å². The summed E-state index contributed by atoms with van der Waals surface area (Å²) in [5, 5.41) is 11.4. The van der Waals surface area contributed by atoms with Crippen LogP contribution in [0.15, 0.2) is 36.5 Å². The smallest absolute Gasteiger partial charge is 0.106 e. The number of rotatable bonds is 2. The molecule has 1 unspecified atom stereocenters. The lowest BCUT2D eigenvalue weighted by atomic mass is 9.87. The van der Waals surface area contributed by atoms with E-state index < -0.39 is 5.41 Å². The Bertz CT molecular complexity index is 554. The third-order valence-electron chi connectivity index (χ3n) is 2.76. The Hall–Kier alpha value is -1.53. The van der Waals surface area contributed by atoms with Crippen LogP contribution >= 0.6 is 12.6 Å². The highest BCUT2D eigenvalue weighted by Crippen LogP contribution is 2.28. The molecular weight excluding hydrogens is 216 g/mol. The second-order valence-corrected chi connectivity index (χ2v) is 4.30. The third-order valence-corrected chi connectivity index (χ3v) is 3.39. The Balaban J connectivity index is 2.75. The molecule has 1 aromatic carbocycles. The highest BCUT2D eigenvalue weighted by Gasteiger charge is 2.28. The summed E-state index contributed by atoms with van der Waals surface area (Å²) in [5.41, 5.74) is 0.173. The molecule has 0 amide bonds. The van der Waals surface area contributed by atoms with E-state index in [0.29, 0.717) is 5.75 Å². The molecule has 0 saturated heterocycles. The summed E-state index contributed by atoms with van der Waals surface area (Å²) in [6, 6.07) is 12.2. The van der Waals surface area contributed by atoms with Crippen LogP contribution in [0.25, 0.3) is 10.8 Å². The van der Waals surface area contributed by atoms with Gasteiger partial charge >= 0.3 is 0 Å². The Labute approximate surface area is 100 Å². The van der Waals surface area contributed by atoms with Gasteiger partial charge in [-0.25, -0.2) is 0 Å². The van der Waals surface area contributed by atoms with E-state index in [1.54, 1.807) is 6.20 Å². The van der Waals surface area contributed by atoms with Crippen molar-refractivity contribution in [2.45, 2.75) is 12.3 Å². The number of hydrogen-bond donors (Lipinski definition) is 1. The number of nitrogens with zero attached hydrogens (tertiary/aromatic N) is 2. The van der Waals surface area contributed by atoms with Crippen molar-refractivity contribution < 1.29 is 0 Å². The largest absolute Gasteiger partial charge is 0.259 e. The van der Waals surface area contributed by atoms with Crippen molar-refractivity contribution in [2.24, 2.45) is 0 Å². The van der Waals surface area contributed by atoms with Gasteiger partial charge in [0.1, 0.15) is 5.41 Å². The van der Waals surface area contributed by atoms with Crippen LogP contribution in [-0.4, -0.2) is 10.7 Å². The molecule has 0 fully saturated rings. The van der Waals surface area contributed by atoms with Crippen LogP contribution in [0.4, 0.5) is 0 Å². The van der Waals surface area contributed by atoms with Crippen molar-refractivity contribution >= 4 is 23.4 Å². The number of nitriles is 1. The average molecular weight is 228 g/mol. The summed E-state index contributed by atoms with van der Waals surface area (Å²) >= 11 is 4.26. The normalized spacial score (nSPS) is 14.3. The first-order valence-electron chi connectivity index (χ1n) is 5.07. The Morgan fingerprint density at radius 3 is 2.81 bits per heavy atom.